The maximum Gasteiger partial charge on any atom is 0.184 e. The summed E-state index contributed by atoms with van der Waals surface area (Å²) in [7, 11) is 0. The molecule has 1 heterocycles. The molecule has 0 N–H and O–H groups in total. The number of epoxide rings is 1. The minimum absolute atomic E-state index is 0.141. The van der Waals surface area contributed by atoms with Crippen molar-refractivity contribution in [1.82, 2.24) is 0 Å². The van der Waals surface area contributed by atoms with Crippen LogP contribution in [0, 0.1) is 5.92 Å². The summed E-state index contributed by atoms with van der Waals surface area (Å²) in [6.07, 6.45) is 14.6. The zero-order valence-corrected chi connectivity index (χ0v) is 9.23. The molecule has 0 spiro atoms. The Kier molecular flexibility index (Phi) is 2.80. The third-order valence-electron chi connectivity index (χ3n) is 3.81. The average Bonchev–Trinajstić information content (AvgIpc) is 2.72. The van der Waals surface area contributed by atoms with Crippen molar-refractivity contribution >= 4 is 0 Å². The van der Waals surface area contributed by atoms with E-state index in [1.54, 1.807) is 0 Å². The van der Waals surface area contributed by atoms with Gasteiger partial charge in [-0.3, -0.25) is 0 Å². The largest absolute Gasteiger partial charge is 0.347 e. The van der Waals surface area contributed by atoms with E-state index in [0.29, 0.717) is 12.2 Å². The van der Waals surface area contributed by atoms with Gasteiger partial charge in [0.15, 0.2) is 6.29 Å². The van der Waals surface area contributed by atoms with Crippen molar-refractivity contribution in [2.75, 3.05) is 0 Å². The summed E-state index contributed by atoms with van der Waals surface area (Å²) in [6, 6.07) is 0. The van der Waals surface area contributed by atoms with Crippen molar-refractivity contribution in [3.63, 3.8) is 0 Å². The average molecular weight is 208 g/mol. The minimum atomic E-state index is 0.141. The highest BCUT2D eigenvalue weighted by Gasteiger charge is 2.42. The van der Waals surface area contributed by atoms with E-state index in [4.69, 9.17) is 9.47 Å². The molecule has 0 aromatic carbocycles. The molecule has 2 aliphatic carbocycles. The fraction of sp³-hybridized carbons (Fsp3) is 0.846. The zero-order valence-electron chi connectivity index (χ0n) is 9.23. The smallest absolute Gasteiger partial charge is 0.184 e. The van der Waals surface area contributed by atoms with Crippen LogP contribution in [0.1, 0.15) is 44.9 Å². The van der Waals surface area contributed by atoms with E-state index >= 15 is 0 Å². The Hall–Kier alpha value is -0.340. The Morgan fingerprint density at radius 3 is 2.80 bits per heavy atom. The van der Waals surface area contributed by atoms with Gasteiger partial charge in [-0.2, -0.15) is 0 Å². The molecule has 2 heteroatoms. The lowest BCUT2D eigenvalue weighted by Gasteiger charge is -2.08. The summed E-state index contributed by atoms with van der Waals surface area (Å²) in [6.45, 7) is 0. The quantitative estimate of drug-likeness (QED) is 0.523. The second-order valence-corrected chi connectivity index (χ2v) is 5.09. The maximum absolute atomic E-state index is 5.90. The van der Waals surface area contributed by atoms with Gasteiger partial charge in [0.25, 0.3) is 0 Å². The summed E-state index contributed by atoms with van der Waals surface area (Å²) in [4.78, 5) is 0. The summed E-state index contributed by atoms with van der Waals surface area (Å²) in [5.41, 5.74) is 0. The summed E-state index contributed by atoms with van der Waals surface area (Å²) >= 11 is 0. The van der Waals surface area contributed by atoms with E-state index in [9.17, 15) is 0 Å². The molecule has 3 unspecified atom stereocenters. The van der Waals surface area contributed by atoms with Crippen LogP contribution in [0.25, 0.3) is 0 Å². The van der Waals surface area contributed by atoms with Gasteiger partial charge in [0.1, 0.15) is 6.10 Å². The predicted octanol–water partition coefficient (Wildman–Crippen LogP) is 3.03. The van der Waals surface area contributed by atoms with Gasteiger partial charge in [0, 0.05) is 0 Å². The normalized spacial score (nSPS) is 40.1. The molecular weight excluding hydrogens is 188 g/mol. The highest BCUT2D eigenvalue weighted by atomic mass is 16.8. The third kappa shape index (κ3) is 2.43. The number of rotatable bonds is 4. The number of ether oxygens (including phenoxy) is 2. The van der Waals surface area contributed by atoms with Gasteiger partial charge in [-0.1, -0.05) is 25.0 Å². The second kappa shape index (κ2) is 4.26. The van der Waals surface area contributed by atoms with Gasteiger partial charge < -0.3 is 9.47 Å². The number of allylic oxidation sites excluding steroid dienone is 2. The molecule has 1 saturated heterocycles. The molecular formula is C13H20O2. The lowest BCUT2D eigenvalue weighted by molar-refractivity contribution is -0.00712. The molecule has 3 atom stereocenters. The molecule has 0 bridgehead atoms. The Labute approximate surface area is 91.6 Å². The van der Waals surface area contributed by atoms with Crippen molar-refractivity contribution in [3.8, 4) is 0 Å². The minimum Gasteiger partial charge on any atom is -0.347 e. The van der Waals surface area contributed by atoms with Gasteiger partial charge in [-0.25, -0.2) is 0 Å². The first-order valence-corrected chi connectivity index (χ1v) is 6.39. The molecule has 3 aliphatic rings. The molecule has 1 aliphatic heterocycles. The maximum atomic E-state index is 5.90. The first-order valence-electron chi connectivity index (χ1n) is 6.39. The molecule has 2 fully saturated rings. The van der Waals surface area contributed by atoms with Crippen molar-refractivity contribution < 1.29 is 9.47 Å². The molecule has 0 radical (unpaired) electrons. The van der Waals surface area contributed by atoms with Crippen LogP contribution in [0.4, 0.5) is 0 Å². The number of hydrogen-bond acceptors (Lipinski definition) is 2. The molecule has 1 saturated carbocycles. The van der Waals surface area contributed by atoms with E-state index in [2.05, 4.69) is 12.2 Å². The first kappa shape index (κ1) is 9.86. The number of hydrogen-bond donors (Lipinski definition) is 0. The molecule has 0 aromatic heterocycles. The Balaban J connectivity index is 1.38. The van der Waals surface area contributed by atoms with E-state index in [1.807, 2.05) is 0 Å². The van der Waals surface area contributed by atoms with E-state index in [1.165, 1.54) is 44.9 Å². The predicted molar refractivity (Wildman–Crippen MR) is 58.5 cm³/mol. The highest BCUT2D eigenvalue weighted by Crippen LogP contribution is 2.36. The van der Waals surface area contributed by atoms with Crippen LogP contribution in [0.2, 0.25) is 0 Å². The van der Waals surface area contributed by atoms with Gasteiger partial charge in [0.05, 0.1) is 6.10 Å². The molecule has 0 aromatic rings. The Morgan fingerprint density at radius 1 is 1.20 bits per heavy atom. The van der Waals surface area contributed by atoms with Crippen LogP contribution in [0.15, 0.2) is 12.2 Å². The molecule has 2 nitrogen and oxygen atoms in total. The van der Waals surface area contributed by atoms with Gasteiger partial charge in [-0.05, 0) is 38.0 Å². The fourth-order valence-corrected chi connectivity index (χ4v) is 2.82. The van der Waals surface area contributed by atoms with Crippen LogP contribution in [0.3, 0.4) is 0 Å². The van der Waals surface area contributed by atoms with Crippen molar-refractivity contribution in [1.29, 1.82) is 0 Å². The van der Waals surface area contributed by atoms with Crippen LogP contribution in [0.5, 0.6) is 0 Å². The van der Waals surface area contributed by atoms with E-state index in [-0.39, 0.29) is 6.29 Å². The van der Waals surface area contributed by atoms with E-state index < -0.39 is 0 Å². The SMILES string of the molecule is C1=CC(CC2OC2OC2CCCC2)CC1. The summed E-state index contributed by atoms with van der Waals surface area (Å²) < 4.78 is 11.5. The van der Waals surface area contributed by atoms with Crippen LogP contribution < -0.4 is 0 Å². The molecule has 15 heavy (non-hydrogen) atoms. The Morgan fingerprint density at radius 2 is 2.07 bits per heavy atom. The molecule has 84 valence electrons. The topological polar surface area (TPSA) is 21.8 Å². The van der Waals surface area contributed by atoms with Crippen LogP contribution in [-0.4, -0.2) is 18.5 Å². The highest BCUT2D eigenvalue weighted by molar-refractivity contribution is 4.98. The lowest BCUT2D eigenvalue weighted by Crippen LogP contribution is -2.12. The third-order valence-corrected chi connectivity index (χ3v) is 3.81. The van der Waals surface area contributed by atoms with Crippen molar-refractivity contribution in [2.45, 2.75) is 63.4 Å². The molecule has 0 amide bonds. The van der Waals surface area contributed by atoms with Crippen LogP contribution >= 0.6 is 0 Å². The monoisotopic (exact) mass is 208 g/mol. The lowest BCUT2D eigenvalue weighted by atomic mass is 10.0. The van der Waals surface area contributed by atoms with Gasteiger partial charge in [0.2, 0.25) is 0 Å². The van der Waals surface area contributed by atoms with Gasteiger partial charge in [-0.15, -0.1) is 0 Å². The van der Waals surface area contributed by atoms with Crippen molar-refractivity contribution in [3.05, 3.63) is 12.2 Å². The van der Waals surface area contributed by atoms with E-state index in [0.717, 1.165) is 5.92 Å². The standard InChI is InChI=1S/C13H20O2/c1-2-6-10(5-1)9-12-13(15-12)14-11-7-3-4-8-11/h1,5,10-13H,2-4,6-9H2. The summed E-state index contributed by atoms with van der Waals surface area (Å²) in [5, 5.41) is 0. The van der Waals surface area contributed by atoms with Crippen LogP contribution in [-0.2, 0) is 9.47 Å². The van der Waals surface area contributed by atoms with Gasteiger partial charge >= 0.3 is 0 Å². The Bertz CT molecular complexity index is 243. The first-order chi connectivity index (χ1) is 7.42. The second-order valence-electron chi connectivity index (χ2n) is 5.09. The summed E-state index contributed by atoms with van der Waals surface area (Å²) in [5.74, 6) is 0.757. The fourth-order valence-electron chi connectivity index (χ4n) is 2.82. The van der Waals surface area contributed by atoms with Crippen molar-refractivity contribution in [2.24, 2.45) is 5.92 Å². The molecule has 3 rings (SSSR count). The zero-order chi connectivity index (χ0) is 10.1.